The predicted octanol–water partition coefficient (Wildman–Crippen LogP) is 2.81. The summed E-state index contributed by atoms with van der Waals surface area (Å²) in [6.45, 7) is 18.4. The van der Waals surface area contributed by atoms with Crippen molar-refractivity contribution in [1.82, 2.24) is 15.5 Å². The molecule has 0 aromatic rings. The second kappa shape index (κ2) is 8.87. The Morgan fingerprint density at radius 1 is 1.16 bits per heavy atom. The Labute approximate surface area is 191 Å². The van der Waals surface area contributed by atoms with Crippen LogP contribution in [0.3, 0.4) is 0 Å². The fraction of sp³-hybridized carbons (Fsp3) is 0.750. The van der Waals surface area contributed by atoms with E-state index in [-0.39, 0.29) is 29.4 Å². The second-order valence-electron chi connectivity index (χ2n) is 11.4. The van der Waals surface area contributed by atoms with Crippen LogP contribution in [0.15, 0.2) is 12.7 Å². The number of likely N-dealkylation sites (tertiary alicyclic amines) is 1. The Morgan fingerprint density at radius 3 is 2.19 bits per heavy atom. The minimum absolute atomic E-state index is 0.0944. The predicted molar refractivity (Wildman–Crippen MR) is 122 cm³/mol. The second-order valence-corrected chi connectivity index (χ2v) is 11.4. The van der Waals surface area contributed by atoms with Crippen LogP contribution in [0.5, 0.6) is 0 Å². The molecule has 0 aromatic carbocycles. The van der Waals surface area contributed by atoms with Gasteiger partial charge in [-0.2, -0.15) is 0 Å². The lowest BCUT2D eigenvalue weighted by Crippen LogP contribution is -2.59. The summed E-state index contributed by atoms with van der Waals surface area (Å²) in [5.41, 5.74) is -2.23. The van der Waals surface area contributed by atoms with Crippen molar-refractivity contribution in [3.8, 4) is 0 Å². The van der Waals surface area contributed by atoms with Gasteiger partial charge >= 0.3 is 6.09 Å². The van der Waals surface area contributed by atoms with Gasteiger partial charge in [-0.15, -0.1) is 6.58 Å². The summed E-state index contributed by atoms with van der Waals surface area (Å²) in [5, 5.41) is 5.61. The Bertz CT molecular complexity index is 794. The number of nitrogens with one attached hydrogen (secondary N) is 2. The van der Waals surface area contributed by atoms with E-state index in [0.29, 0.717) is 19.4 Å². The monoisotopic (exact) mass is 449 g/mol. The maximum atomic E-state index is 13.6. The highest BCUT2D eigenvalue weighted by molar-refractivity contribution is 5.98. The number of hydrogen-bond donors (Lipinski definition) is 2. The lowest BCUT2D eigenvalue weighted by Gasteiger charge is -2.36. The molecule has 32 heavy (non-hydrogen) atoms. The van der Waals surface area contributed by atoms with E-state index in [9.17, 15) is 19.2 Å². The van der Waals surface area contributed by atoms with Crippen molar-refractivity contribution in [2.24, 2.45) is 17.3 Å². The minimum atomic E-state index is -0.919. The van der Waals surface area contributed by atoms with Crippen molar-refractivity contribution >= 4 is 23.7 Å². The molecule has 2 fully saturated rings. The smallest absolute Gasteiger partial charge is 0.408 e. The Morgan fingerprint density at radius 2 is 1.75 bits per heavy atom. The number of hydrogen-bond acceptors (Lipinski definition) is 5. The van der Waals surface area contributed by atoms with Gasteiger partial charge in [0.25, 0.3) is 0 Å². The first-order valence-corrected chi connectivity index (χ1v) is 11.3. The lowest BCUT2D eigenvalue weighted by molar-refractivity contribution is -0.142. The molecule has 2 aliphatic rings. The quantitative estimate of drug-likeness (QED) is 0.607. The van der Waals surface area contributed by atoms with Gasteiger partial charge in [-0.05, 0) is 51.9 Å². The normalized spacial score (nSPS) is 28.5. The van der Waals surface area contributed by atoms with E-state index in [4.69, 9.17) is 4.74 Å². The highest BCUT2D eigenvalue weighted by Crippen LogP contribution is 2.45. The van der Waals surface area contributed by atoms with Crippen LogP contribution in [-0.2, 0) is 19.1 Å². The van der Waals surface area contributed by atoms with Crippen LogP contribution < -0.4 is 10.6 Å². The highest BCUT2D eigenvalue weighted by Gasteiger charge is 2.58. The third-order valence-corrected chi connectivity index (χ3v) is 6.14. The van der Waals surface area contributed by atoms with Gasteiger partial charge in [-0.3, -0.25) is 14.4 Å². The fourth-order valence-corrected chi connectivity index (χ4v) is 4.29. The van der Waals surface area contributed by atoms with Crippen molar-refractivity contribution in [2.75, 3.05) is 6.54 Å². The number of carbonyl (C=O) groups excluding carboxylic acids is 4. The number of alkyl carbamates (subject to hydrolysis) is 1. The van der Waals surface area contributed by atoms with E-state index in [2.05, 4.69) is 17.2 Å². The maximum absolute atomic E-state index is 13.6. The number of amides is 3. The molecule has 1 aliphatic heterocycles. The molecule has 1 unspecified atom stereocenters. The molecule has 0 radical (unpaired) electrons. The van der Waals surface area contributed by atoms with E-state index in [1.54, 1.807) is 26.8 Å². The third-order valence-electron chi connectivity index (χ3n) is 6.14. The summed E-state index contributed by atoms with van der Waals surface area (Å²) in [6, 6.07) is -1.58. The van der Waals surface area contributed by atoms with E-state index in [1.165, 1.54) is 11.8 Å². The molecular weight excluding hydrogens is 410 g/mol. The molecule has 1 saturated carbocycles. The number of ether oxygens (including phenoxy) is 1. The van der Waals surface area contributed by atoms with Gasteiger partial charge in [-0.25, -0.2) is 4.79 Å². The zero-order chi connectivity index (χ0) is 24.6. The van der Waals surface area contributed by atoms with Crippen molar-refractivity contribution in [2.45, 2.75) is 91.5 Å². The van der Waals surface area contributed by atoms with Gasteiger partial charge in [0.05, 0.1) is 0 Å². The zero-order valence-corrected chi connectivity index (χ0v) is 20.7. The minimum Gasteiger partial charge on any atom is -0.444 e. The first-order valence-electron chi connectivity index (χ1n) is 11.3. The summed E-state index contributed by atoms with van der Waals surface area (Å²) in [6.07, 6.45) is 2.02. The molecule has 1 aliphatic carbocycles. The average molecular weight is 450 g/mol. The molecule has 2 rings (SSSR count). The molecule has 3 amide bonds. The molecule has 8 nitrogen and oxygen atoms in total. The molecule has 0 spiro atoms. The summed E-state index contributed by atoms with van der Waals surface area (Å²) >= 11 is 0. The maximum Gasteiger partial charge on any atom is 0.408 e. The van der Waals surface area contributed by atoms with Gasteiger partial charge in [-0.1, -0.05) is 33.8 Å². The fourth-order valence-electron chi connectivity index (χ4n) is 4.29. The van der Waals surface area contributed by atoms with Crippen molar-refractivity contribution in [3.05, 3.63) is 12.7 Å². The molecule has 1 heterocycles. The van der Waals surface area contributed by atoms with Crippen LogP contribution in [0.1, 0.15) is 68.2 Å². The summed E-state index contributed by atoms with van der Waals surface area (Å²) in [7, 11) is 0. The van der Waals surface area contributed by atoms with Crippen molar-refractivity contribution < 1.29 is 23.9 Å². The highest BCUT2D eigenvalue weighted by atomic mass is 16.6. The molecule has 2 N–H and O–H groups in total. The summed E-state index contributed by atoms with van der Waals surface area (Å²) < 4.78 is 5.35. The first kappa shape index (κ1) is 25.9. The van der Waals surface area contributed by atoms with Crippen LogP contribution in [0.2, 0.25) is 0 Å². The molecule has 5 atom stereocenters. The molecule has 1 saturated heterocycles. The van der Waals surface area contributed by atoms with Crippen LogP contribution in [0.25, 0.3) is 0 Å². The van der Waals surface area contributed by atoms with E-state index < -0.39 is 34.7 Å². The Hall–Kier alpha value is -2.38. The molecule has 0 bridgehead atoms. The number of ketones is 1. The van der Waals surface area contributed by atoms with Crippen molar-refractivity contribution in [3.63, 3.8) is 0 Å². The van der Waals surface area contributed by atoms with Crippen LogP contribution in [-0.4, -0.2) is 58.4 Å². The van der Waals surface area contributed by atoms with E-state index in [0.717, 1.165) is 0 Å². The van der Waals surface area contributed by atoms with Crippen LogP contribution >= 0.6 is 0 Å². The van der Waals surface area contributed by atoms with Crippen LogP contribution in [0.4, 0.5) is 4.79 Å². The lowest BCUT2D eigenvalue weighted by atomic mass is 9.85. The summed E-state index contributed by atoms with van der Waals surface area (Å²) in [4.78, 5) is 52.9. The first-order chi connectivity index (χ1) is 14.5. The number of rotatable bonds is 6. The molecule has 8 heteroatoms. The molecular formula is C24H39N3O5. The third kappa shape index (κ3) is 5.70. The number of carbonyl (C=O) groups is 4. The van der Waals surface area contributed by atoms with Gasteiger partial charge in [0, 0.05) is 12.5 Å². The number of Topliss-reactive ketones (excluding diaryl/α,β-unsaturated/α-hetero) is 1. The average Bonchev–Trinajstić information content (AvgIpc) is 3.20. The Balaban J connectivity index is 2.22. The topological polar surface area (TPSA) is 105 Å². The van der Waals surface area contributed by atoms with Gasteiger partial charge in [0.15, 0.2) is 5.78 Å². The van der Waals surface area contributed by atoms with Gasteiger partial charge < -0.3 is 20.3 Å². The van der Waals surface area contributed by atoms with E-state index in [1.807, 2.05) is 27.7 Å². The van der Waals surface area contributed by atoms with Crippen molar-refractivity contribution in [1.29, 1.82) is 0 Å². The standard InChI is InChI=1S/C24H39N3O5/c1-10-16-12-24(16,15(3)28)26-19(29)17-11-14(2)13-27(17)20(30)18(22(4,5)6)25-21(31)32-23(7,8)9/h10,14,16-18H,1,11-13H2,2-9H3,(H,25,31)(H,26,29)/t14-,16?,17+,18-,24+/m1/s1. The summed E-state index contributed by atoms with van der Waals surface area (Å²) in [5.74, 6) is -0.769. The Kier molecular flexibility index (Phi) is 7.17. The van der Waals surface area contributed by atoms with Gasteiger partial charge in [0.1, 0.15) is 23.2 Å². The number of nitrogens with zero attached hydrogens (tertiary/aromatic N) is 1. The zero-order valence-electron chi connectivity index (χ0n) is 20.7. The van der Waals surface area contributed by atoms with Gasteiger partial charge in [0.2, 0.25) is 11.8 Å². The van der Waals surface area contributed by atoms with E-state index >= 15 is 0 Å². The SMILES string of the molecule is C=CC1C[C@]1(NC(=O)[C@@H]1C[C@@H](C)CN1C(=O)[C@@H](NC(=O)OC(C)(C)C)C(C)(C)C)C(C)=O. The van der Waals surface area contributed by atoms with Crippen LogP contribution in [0, 0.1) is 17.3 Å². The largest absolute Gasteiger partial charge is 0.444 e. The molecule has 180 valence electrons. The molecule has 0 aromatic heterocycles.